The number of anilines is 1. The average molecular weight is 263 g/mol. The molecule has 0 spiro atoms. The van der Waals surface area contributed by atoms with Gasteiger partial charge in [0.2, 0.25) is 0 Å². The Balaban J connectivity index is 0.000000845. The van der Waals surface area contributed by atoms with E-state index < -0.39 is 0 Å². The van der Waals surface area contributed by atoms with E-state index >= 15 is 0 Å². The van der Waals surface area contributed by atoms with Gasteiger partial charge < -0.3 is 5.32 Å². The van der Waals surface area contributed by atoms with Gasteiger partial charge >= 0.3 is 0 Å². The molecule has 1 fully saturated rings. The standard InChI is InChI=1S/C10H12BrN.ClH/c11-9-2-1-3-10(6-9)12-7-8-4-5-8;/h1-3,6,8,12H,4-5,7H2;1H. The molecular formula is C10H13BrClN. The number of benzene rings is 1. The summed E-state index contributed by atoms with van der Waals surface area (Å²) in [4.78, 5) is 0. The molecule has 13 heavy (non-hydrogen) atoms. The van der Waals surface area contributed by atoms with Gasteiger partial charge in [0.05, 0.1) is 0 Å². The Morgan fingerprint density at radius 3 is 2.77 bits per heavy atom. The van der Waals surface area contributed by atoms with Crippen molar-refractivity contribution in [2.75, 3.05) is 11.9 Å². The first kappa shape index (κ1) is 10.9. The number of rotatable bonds is 3. The molecule has 72 valence electrons. The van der Waals surface area contributed by atoms with Crippen LogP contribution in [0.25, 0.3) is 0 Å². The summed E-state index contributed by atoms with van der Waals surface area (Å²) in [6.07, 6.45) is 2.81. The van der Waals surface area contributed by atoms with E-state index in [1.165, 1.54) is 18.5 Å². The van der Waals surface area contributed by atoms with E-state index in [2.05, 4.69) is 39.4 Å². The van der Waals surface area contributed by atoms with Crippen LogP contribution >= 0.6 is 28.3 Å². The van der Waals surface area contributed by atoms with Crippen molar-refractivity contribution in [3.8, 4) is 0 Å². The van der Waals surface area contributed by atoms with Gasteiger partial charge in [-0.05, 0) is 37.0 Å². The average Bonchev–Trinajstić information content (AvgIpc) is 2.84. The van der Waals surface area contributed by atoms with E-state index in [1.807, 2.05) is 6.07 Å². The summed E-state index contributed by atoms with van der Waals surface area (Å²) in [7, 11) is 0. The quantitative estimate of drug-likeness (QED) is 0.876. The molecule has 0 unspecified atom stereocenters. The Morgan fingerprint density at radius 1 is 1.38 bits per heavy atom. The van der Waals surface area contributed by atoms with Crippen LogP contribution in [0.2, 0.25) is 0 Å². The Kier molecular flexibility index (Phi) is 4.07. The molecule has 0 saturated heterocycles. The highest BCUT2D eigenvalue weighted by Crippen LogP contribution is 2.29. The lowest BCUT2D eigenvalue weighted by atomic mass is 10.3. The van der Waals surface area contributed by atoms with Crippen LogP contribution in [0.5, 0.6) is 0 Å². The monoisotopic (exact) mass is 261 g/mol. The molecule has 1 aromatic carbocycles. The zero-order chi connectivity index (χ0) is 8.39. The van der Waals surface area contributed by atoms with Crippen molar-refractivity contribution in [1.29, 1.82) is 0 Å². The van der Waals surface area contributed by atoms with Gasteiger partial charge in [-0.15, -0.1) is 12.4 Å². The second-order valence-corrected chi connectivity index (χ2v) is 4.25. The van der Waals surface area contributed by atoms with Crippen molar-refractivity contribution in [2.24, 2.45) is 5.92 Å². The lowest BCUT2D eigenvalue weighted by molar-refractivity contribution is 0.889. The summed E-state index contributed by atoms with van der Waals surface area (Å²) in [5.74, 6) is 0.934. The lowest BCUT2D eigenvalue weighted by Crippen LogP contribution is -2.02. The molecule has 0 amide bonds. The summed E-state index contributed by atoms with van der Waals surface area (Å²) in [5.41, 5.74) is 1.22. The van der Waals surface area contributed by atoms with Crippen LogP contribution in [0.3, 0.4) is 0 Å². The Labute approximate surface area is 93.5 Å². The first-order valence-corrected chi connectivity index (χ1v) is 5.13. The van der Waals surface area contributed by atoms with Gasteiger partial charge in [0, 0.05) is 16.7 Å². The second kappa shape index (κ2) is 4.87. The normalized spacial score (nSPS) is 14.8. The molecule has 0 heterocycles. The van der Waals surface area contributed by atoms with Gasteiger partial charge in [-0.25, -0.2) is 0 Å². The topological polar surface area (TPSA) is 12.0 Å². The predicted molar refractivity (Wildman–Crippen MR) is 62.6 cm³/mol. The molecule has 0 bridgehead atoms. The highest BCUT2D eigenvalue weighted by molar-refractivity contribution is 9.10. The number of halogens is 2. The minimum absolute atomic E-state index is 0. The van der Waals surface area contributed by atoms with Gasteiger partial charge in [0.15, 0.2) is 0 Å². The molecule has 3 heteroatoms. The van der Waals surface area contributed by atoms with Gasteiger partial charge in [-0.2, -0.15) is 0 Å². The minimum atomic E-state index is 0. The van der Waals surface area contributed by atoms with E-state index in [0.29, 0.717) is 0 Å². The van der Waals surface area contributed by atoms with Crippen molar-refractivity contribution >= 4 is 34.0 Å². The molecule has 1 aliphatic carbocycles. The van der Waals surface area contributed by atoms with E-state index in [0.717, 1.165) is 16.9 Å². The summed E-state index contributed by atoms with van der Waals surface area (Å²) in [6.45, 7) is 1.14. The molecule has 0 radical (unpaired) electrons. The third-order valence-electron chi connectivity index (χ3n) is 2.12. The van der Waals surface area contributed by atoms with Crippen LogP contribution in [0.1, 0.15) is 12.8 Å². The van der Waals surface area contributed by atoms with Crippen molar-refractivity contribution in [2.45, 2.75) is 12.8 Å². The summed E-state index contributed by atoms with van der Waals surface area (Å²) >= 11 is 3.44. The fraction of sp³-hybridized carbons (Fsp3) is 0.400. The van der Waals surface area contributed by atoms with Crippen molar-refractivity contribution < 1.29 is 0 Å². The maximum atomic E-state index is 3.44. The lowest BCUT2D eigenvalue weighted by Gasteiger charge is -2.04. The third-order valence-corrected chi connectivity index (χ3v) is 2.61. The fourth-order valence-electron chi connectivity index (χ4n) is 1.18. The van der Waals surface area contributed by atoms with Crippen LogP contribution in [0.4, 0.5) is 5.69 Å². The van der Waals surface area contributed by atoms with Crippen molar-refractivity contribution in [3.63, 3.8) is 0 Å². The molecular weight excluding hydrogens is 249 g/mol. The van der Waals surface area contributed by atoms with Gasteiger partial charge in [-0.3, -0.25) is 0 Å². The van der Waals surface area contributed by atoms with Gasteiger partial charge in [0.25, 0.3) is 0 Å². The molecule has 0 aromatic heterocycles. The zero-order valence-electron chi connectivity index (χ0n) is 7.29. The smallest absolute Gasteiger partial charge is 0.0351 e. The first-order chi connectivity index (χ1) is 5.84. The summed E-state index contributed by atoms with van der Waals surface area (Å²) < 4.78 is 1.14. The summed E-state index contributed by atoms with van der Waals surface area (Å²) in [6, 6.07) is 8.32. The van der Waals surface area contributed by atoms with E-state index in [1.54, 1.807) is 0 Å². The van der Waals surface area contributed by atoms with Crippen LogP contribution in [0, 0.1) is 5.92 Å². The van der Waals surface area contributed by atoms with E-state index in [4.69, 9.17) is 0 Å². The van der Waals surface area contributed by atoms with Crippen LogP contribution < -0.4 is 5.32 Å². The predicted octanol–water partition coefficient (Wildman–Crippen LogP) is 3.69. The van der Waals surface area contributed by atoms with Crippen molar-refractivity contribution in [1.82, 2.24) is 0 Å². The first-order valence-electron chi connectivity index (χ1n) is 4.34. The molecule has 2 rings (SSSR count). The molecule has 0 atom stereocenters. The zero-order valence-corrected chi connectivity index (χ0v) is 9.70. The number of nitrogens with one attached hydrogen (secondary N) is 1. The van der Waals surface area contributed by atoms with Crippen LogP contribution in [0.15, 0.2) is 28.7 Å². The fourth-order valence-corrected chi connectivity index (χ4v) is 1.58. The Hall–Kier alpha value is -0.210. The summed E-state index contributed by atoms with van der Waals surface area (Å²) in [5, 5.41) is 3.42. The minimum Gasteiger partial charge on any atom is -0.385 e. The van der Waals surface area contributed by atoms with E-state index in [9.17, 15) is 0 Å². The largest absolute Gasteiger partial charge is 0.385 e. The molecule has 1 aromatic rings. The maximum Gasteiger partial charge on any atom is 0.0351 e. The molecule has 1 N–H and O–H groups in total. The SMILES string of the molecule is Brc1cccc(NCC2CC2)c1.Cl. The van der Waals surface area contributed by atoms with Gasteiger partial charge in [0.1, 0.15) is 0 Å². The maximum absolute atomic E-state index is 3.44. The molecule has 1 saturated carbocycles. The Morgan fingerprint density at radius 2 is 2.15 bits per heavy atom. The highest BCUT2D eigenvalue weighted by Gasteiger charge is 2.20. The molecule has 1 nitrogen and oxygen atoms in total. The molecule has 1 aliphatic rings. The number of hydrogen-bond acceptors (Lipinski definition) is 1. The third kappa shape index (κ3) is 3.57. The molecule has 0 aliphatic heterocycles. The van der Waals surface area contributed by atoms with Crippen LogP contribution in [-0.2, 0) is 0 Å². The highest BCUT2D eigenvalue weighted by atomic mass is 79.9. The Bertz CT molecular complexity index is 273. The second-order valence-electron chi connectivity index (χ2n) is 3.33. The van der Waals surface area contributed by atoms with Crippen LogP contribution in [-0.4, -0.2) is 6.54 Å². The van der Waals surface area contributed by atoms with E-state index in [-0.39, 0.29) is 12.4 Å². The van der Waals surface area contributed by atoms with Gasteiger partial charge in [-0.1, -0.05) is 22.0 Å². The number of hydrogen-bond donors (Lipinski definition) is 1. The van der Waals surface area contributed by atoms with Crippen molar-refractivity contribution in [3.05, 3.63) is 28.7 Å².